The summed E-state index contributed by atoms with van der Waals surface area (Å²) in [6.45, 7) is 8.75. The monoisotopic (exact) mass is 391 g/mol. The molecule has 9 nitrogen and oxygen atoms in total. The minimum absolute atomic E-state index is 0.381. The number of pyridine rings is 1. The maximum atomic E-state index is 5.91. The topological polar surface area (TPSA) is 109 Å². The smallest absolute Gasteiger partial charge is 0.136 e. The van der Waals surface area contributed by atoms with Gasteiger partial charge in [0.05, 0.1) is 11.3 Å². The normalized spacial score (nSPS) is 15.3. The van der Waals surface area contributed by atoms with Gasteiger partial charge in [0.25, 0.3) is 0 Å². The fraction of sp³-hybridized carbons (Fsp3) is 0.350. The van der Waals surface area contributed by atoms with Crippen LogP contribution < -0.4 is 11.1 Å². The Morgan fingerprint density at radius 3 is 2.48 bits per heavy atom. The van der Waals surface area contributed by atoms with E-state index < -0.39 is 0 Å². The number of likely N-dealkylation sites (N-methyl/N-ethyl adjacent to an activating group) is 1. The van der Waals surface area contributed by atoms with Gasteiger partial charge in [-0.2, -0.15) is 0 Å². The van der Waals surface area contributed by atoms with E-state index in [-0.39, 0.29) is 0 Å². The molecule has 1 aliphatic heterocycles. The summed E-state index contributed by atoms with van der Waals surface area (Å²) in [7, 11) is 0. The minimum Gasteiger partial charge on any atom is -0.383 e. The molecule has 3 N–H and O–H groups in total. The molecular formula is C20H25N9. The minimum atomic E-state index is 0.381. The molecule has 150 valence electrons. The molecule has 1 fully saturated rings. The van der Waals surface area contributed by atoms with E-state index in [1.807, 2.05) is 12.3 Å². The van der Waals surface area contributed by atoms with Crippen molar-refractivity contribution in [2.75, 3.05) is 43.8 Å². The van der Waals surface area contributed by atoms with Gasteiger partial charge in [0.2, 0.25) is 0 Å². The molecule has 1 saturated heterocycles. The maximum absolute atomic E-state index is 5.91. The van der Waals surface area contributed by atoms with E-state index in [9.17, 15) is 0 Å². The number of piperazine rings is 1. The summed E-state index contributed by atoms with van der Waals surface area (Å²) in [5, 5.41) is 3.21. The summed E-state index contributed by atoms with van der Waals surface area (Å²) in [5.74, 6) is 1.74. The Morgan fingerprint density at radius 2 is 1.76 bits per heavy atom. The third-order valence-electron chi connectivity index (χ3n) is 5.09. The van der Waals surface area contributed by atoms with Crippen LogP contribution in [0, 0.1) is 0 Å². The van der Waals surface area contributed by atoms with Crippen LogP contribution >= 0.6 is 0 Å². The highest BCUT2D eigenvalue weighted by Gasteiger charge is 2.15. The van der Waals surface area contributed by atoms with Crippen LogP contribution in [0.4, 0.5) is 17.5 Å². The molecule has 1 aliphatic rings. The van der Waals surface area contributed by atoms with E-state index >= 15 is 0 Å². The van der Waals surface area contributed by atoms with Gasteiger partial charge in [0.15, 0.2) is 0 Å². The number of aromatic nitrogens is 5. The summed E-state index contributed by atoms with van der Waals surface area (Å²) in [4.78, 5) is 26.0. The van der Waals surface area contributed by atoms with Gasteiger partial charge in [0, 0.05) is 51.2 Å². The first kappa shape index (κ1) is 19.2. The molecule has 0 aliphatic carbocycles. The zero-order chi connectivity index (χ0) is 20.1. The molecule has 0 amide bonds. The predicted octanol–water partition coefficient (Wildman–Crippen LogP) is 1.79. The van der Waals surface area contributed by atoms with Crippen molar-refractivity contribution in [1.29, 1.82) is 0 Å². The van der Waals surface area contributed by atoms with Gasteiger partial charge in [-0.25, -0.2) is 24.9 Å². The van der Waals surface area contributed by atoms with E-state index in [4.69, 9.17) is 5.73 Å². The van der Waals surface area contributed by atoms with E-state index in [1.54, 1.807) is 12.3 Å². The second kappa shape index (κ2) is 8.89. The van der Waals surface area contributed by atoms with Crippen molar-refractivity contribution in [3.05, 3.63) is 48.8 Å². The molecule has 4 heterocycles. The molecule has 0 aromatic carbocycles. The first-order chi connectivity index (χ1) is 14.2. The quantitative estimate of drug-likeness (QED) is 0.650. The Bertz CT molecular complexity index is 937. The van der Waals surface area contributed by atoms with Crippen molar-refractivity contribution in [3.63, 3.8) is 0 Å². The fourth-order valence-electron chi connectivity index (χ4n) is 3.35. The van der Waals surface area contributed by atoms with Crippen molar-refractivity contribution in [2.24, 2.45) is 0 Å². The van der Waals surface area contributed by atoms with Crippen LogP contribution in [0.15, 0.2) is 43.2 Å². The van der Waals surface area contributed by atoms with Gasteiger partial charge in [-0.1, -0.05) is 13.0 Å². The lowest BCUT2D eigenvalue weighted by Gasteiger charge is -2.33. The standard InChI is InChI=1S/C20H25N9/c1-2-28-5-7-29(8-6-28)12-15-3-4-18(23-10-15)27-19-9-17(24-14-25-19)16-11-22-13-26-20(16)21/h3-4,9-11,13-14H,2,5-8,12H2,1H3,(H2,21,22,26)(H,23,24,25,27). The Labute approximate surface area is 170 Å². The fourth-order valence-corrected chi connectivity index (χ4v) is 3.35. The zero-order valence-electron chi connectivity index (χ0n) is 16.5. The summed E-state index contributed by atoms with van der Waals surface area (Å²) in [5.41, 5.74) is 8.45. The number of anilines is 3. The number of nitrogens with one attached hydrogen (secondary N) is 1. The lowest BCUT2D eigenvalue weighted by Crippen LogP contribution is -2.45. The number of hydrogen-bond donors (Lipinski definition) is 2. The second-order valence-electron chi connectivity index (χ2n) is 7.00. The van der Waals surface area contributed by atoms with Crippen LogP contribution in [0.1, 0.15) is 12.5 Å². The highest BCUT2D eigenvalue weighted by molar-refractivity contribution is 5.71. The second-order valence-corrected chi connectivity index (χ2v) is 7.00. The van der Waals surface area contributed by atoms with Gasteiger partial charge in [0.1, 0.15) is 30.1 Å². The SMILES string of the molecule is CCN1CCN(Cc2ccc(Nc3cc(-c4cncnc4N)ncn3)nc2)CC1. The molecule has 0 radical (unpaired) electrons. The van der Waals surface area contributed by atoms with E-state index in [1.165, 1.54) is 18.2 Å². The maximum Gasteiger partial charge on any atom is 0.136 e. The molecule has 0 saturated carbocycles. The van der Waals surface area contributed by atoms with E-state index in [0.717, 1.165) is 45.1 Å². The molecule has 0 unspecified atom stereocenters. The Hall–Kier alpha value is -3.17. The van der Waals surface area contributed by atoms with Crippen LogP contribution in [0.25, 0.3) is 11.3 Å². The van der Waals surface area contributed by atoms with Gasteiger partial charge in [-0.05, 0) is 18.2 Å². The number of nitrogen functional groups attached to an aromatic ring is 1. The average Bonchev–Trinajstić information content (AvgIpc) is 2.76. The number of hydrogen-bond acceptors (Lipinski definition) is 9. The third kappa shape index (κ3) is 4.82. The van der Waals surface area contributed by atoms with Gasteiger partial charge >= 0.3 is 0 Å². The molecule has 0 bridgehead atoms. The third-order valence-corrected chi connectivity index (χ3v) is 5.09. The molecule has 3 aromatic rings. The van der Waals surface area contributed by atoms with Gasteiger partial charge in [-0.15, -0.1) is 0 Å². The lowest BCUT2D eigenvalue weighted by atomic mass is 10.2. The van der Waals surface area contributed by atoms with Crippen molar-refractivity contribution in [3.8, 4) is 11.3 Å². The summed E-state index contributed by atoms with van der Waals surface area (Å²) >= 11 is 0. The van der Waals surface area contributed by atoms with Gasteiger partial charge in [-0.3, -0.25) is 4.90 Å². The van der Waals surface area contributed by atoms with E-state index in [0.29, 0.717) is 22.9 Å². The van der Waals surface area contributed by atoms with E-state index in [2.05, 4.69) is 53.0 Å². The largest absolute Gasteiger partial charge is 0.383 e. The highest BCUT2D eigenvalue weighted by atomic mass is 15.3. The summed E-state index contributed by atoms with van der Waals surface area (Å²) in [6.07, 6.45) is 6.45. The number of nitrogens with two attached hydrogens (primary N) is 1. The summed E-state index contributed by atoms with van der Waals surface area (Å²) in [6, 6.07) is 5.88. The molecule has 9 heteroatoms. The van der Waals surface area contributed by atoms with Crippen LogP contribution in [0.5, 0.6) is 0 Å². The molecular weight excluding hydrogens is 366 g/mol. The van der Waals surface area contributed by atoms with Crippen LogP contribution in [0.2, 0.25) is 0 Å². The van der Waals surface area contributed by atoms with Crippen LogP contribution in [-0.4, -0.2) is 67.4 Å². The van der Waals surface area contributed by atoms with Crippen molar-refractivity contribution in [1.82, 2.24) is 34.7 Å². The average molecular weight is 391 g/mol. The van der Waals surface area contributed by atoms with Crippen LogP contribution in [-0.2, 0) is 6.54 Å². The van der Waals surface area contributed by atoms with Crippen molar-refractivity contribution in [2.45, 2.75) is 13.5 Å². The number of rotatable bonds is 6. The first-order valence-corrected chi connectivity index (χ1v) is 9.76. The van der Waals surface area contributed by atoms with Crippen molar-refractivity contribution < 1.29 is 0 Å². The lowest BCUT2D eigenvalue weighted by molar-refractivity contribution is 0.132. The highest BCUT2D eigenvalue weighted by Crippen LogP contribution is 2.23. The first-order valence-electron chi connectivity index (χ1n) is 9.76. The van der Waals surface area contributed by atoms with Crippen molar-refractivity contribution >= 4 is 17.5 Å². The number of nitrogens with zero attached hydrogens (tertiary/aromatic N) is 7. The molecule has 29 heavy (non-hydrogen) atoms. The van der Waals surface area contributed by atoms with Crippen LogP contribution in [0.3, 0.4) is 0 Å². The molecule has 4 rings (SSSR count). The Kier molecular flexibility index (Phi) is 5.87. The van der Waals surface area contributed by atoms with Gasteiger partial charge < -0.3 is 16.0 Å². The zero-order valence-corrected chi connectivity index (χ0v) is 16.5. The predicted molar refractivity (Wildman–Crippen MR) is 112 cm³/mol. The molecule has 3 aromatic heterocycles. The summed E-state index contributed by atoms with van der Waals surface area (Å²) < 4.78 is 0. The molecule has 0 atom stereocenters. The Morgan fingerprint density at radius 1 is 0.931 bits per heavy atom. The molecule has 0 spiro atoms. The Balaban J connectivity index is 1.39.